The highest BCUT2D eigenvalue weighted by Gasteiger charge is 2.19. The highest BCUT2D eigenvalue weighted by atomic mass is 32.2. The maximum atomic E-state index is 13.0. The Morgan fingerprint density at radius 1 is 1.19 bits per heavy atom. The SMILES string of the molecule is COCCCn1c(C)cc(C(=O)CSc2nnc3n(C)c(=O)c4ccccc4n23)c1C. The van der Waals surface area contributed by atoms with Gasteiger partial charge in [-0.25, -0.2) is 0 Å². The molecule has 0 N–H and O–H groups in total. The predicted octanol–water partition coefficient (Wildman–Crippen LogP) is 3.01. The highest BCUT2D eigenvalue weighted by molar-refractivity contribution is 7.99. The number of aromatic nitrogens is 5. The van der Waals surface area contributed by atoms with Gasteiger partial charge in [0.05, 0.1) is 16.7 Å². The van der Waals surface area contributed by atoms with Gasteiger partial charge >= 0.3 is 0 Å². The van der Waals surface area contributed by atoms with E-state index in [9.17, 15) is 9.59 Å². The first-order valence-electron chi connectivity index (χ1n) is 10.1. The van der Waals surface area contributed by atoms with E-state index in [1.165, 1.54) is 16.3 Å². The van der Waals surface area contributed by atoms with Crippen molar-refractivity contribution < 1.29 is 9.53 Å². The summed E-state index contributed by atoms with van der Waals surface area (Å²) in [6.07, 6.45) is 0.896. The molecule has 0 fully saturated rings. The lowest BCUT2D eigenvalue weighted by Gasteiger charge is -2.09. The molecule has 0 amide bonds. The molecule has 0 unspecified atom stereocenters. The van der Waals surface area contributed by atoms with Gasteiger partial charge < -0.3 is 9.30 Å². The largest absolute Gasteiger partial charge is 0.385 e. The second kappa shape index (κ2) is 8.68. The van der Waals surface area contributed by atoms with Gasteiger partial charge in [-0.15, -0.1) is 10.2 Å². The Morgan fingerprint density at radius 3 is 2.74 bits per heavy atom. The molecule has 0 aliphatic heterocycles. The zero-order valence-electron chi connectivity index (χ0n) is 18.1. The van der Waals surface area contributed by atoms with Crippen LogP contribution in [0.2, 0.25) is 0 Å². The summed E-state index contributed by atoms with van der Waals surface area (Å²) in [6, 6.07) is 9.31. The summed E-state index contributed by atoms with van der Waals surface area (Å²) in [5.41, 5.74) is 3.38. The number of para-hydroxylation sites is 1. The smallest absolute Gasteiger partial charge is 0.262 e. The maximum absolute atomic E-state index is 13.0. The number of Topliss-reactive ketones (excluding diaryl/α,β-unsaturated/α-hetero) is 1. The van der Waals surface area contributed by atoms with Gasteiger partial charge in [-0.2, -0.15) is 0 Å². The van der Waals surface area contributed by atoms with Gasteiger partial charge in [0.25, 0.3) is 5.56 Å². The van der Waals surface area contributed by atoms with Crippen molar-refractivity contribution in [1.29, 1.82) is 0 Å². The molecule has 162 valence electrons. The topological polar surface area (TPSA) is 83.4 Å². The van der Waals surface area contributed by atoms with Crippen LogP contribution in [0.15, 0.2) is 40.3 Å². The Morgan fingerprint density at radius 2 is 1.97 bits per heavy atom. The van der Waals surface area contributed by atoms with Gasteiger partial charge in [-0.3, -0.25) is 18.6 Å². The molecule has 0 aliphatic rings. The number of fused-ring (bicyclic) bond motifs is 3. The van der Waals surface area contributed by atoms with Crippen LogP contribution in [0.3, 0.4) is 0 Å². The van der Waals surface area contributed by atoms with E-state index < -0.39 is 0 Å². The van der Waals surface area contributed by atoms with E-state index in [-0.39, 0.29) is 17.1 Å². The molecule has 0 spiro atoms. The quantitative estimate of drug-likeness (QED) is 0.238. The summed E-state index contributed by atoms with van der Waals surface area (Å²) >= 11 is 1.33. The van der Waals surface area contributed by atoms with Crippen LogP contribution in [0.1, 0.15) is 28.2 Å². The lowest BCUT2D eigenvalue weighted by Crippen LogP contribution is -2.20. The van der Waals surface area contributed by atoms with Crippen LogP contribution in [-0.2, 0) is 18.3 Å². The fourth-order valence-electron chi connectivity index (χ4n) is 3.91. The number of carbonyl (C=O) groups is 1. The molecular formula is C22H25N5O3S. The van der Waals surface area contributed by atoms with Crippen LogP contribution in [0.4, 0.5) is 0 Å². The maximum Gasteiger partial charge on any atom is 0.262 e. The first-order valence-corrected chi connectivity index (χ1v) is 11.1. The van der Waals surface area contributed by atoms with Gasteiger partial charge in [-0.1, -0.05) is 23.9 Å². The lowest BCUT2D eigenvalue weighted by molar-refractivity contribution is 0.102. The molecule has 0 radical (unpaired) electrons. The summed E-state index contributed by atoms with van der Waals surface area (Å²) in [5, 5.41) is 9.61. The van der Waals surface area contributed by atoms with Crippen LogP contribution >= 0.6 is 11.8 Å². The van der Waals surface area contributed by atoms with Crippen LogP contribution in [-0.4, -0.2) is 49.0 Å². The molecule has 0 bridgehead atoms. The van der Waals surface area contributed by atoms with E-state index in [1.54, 1.807) is 20.2 Å². The third kappa shape index (κ3) is 3.79. The second-order valence-corrected chi connectivity index (χ2v) is 8.44. The van der Waals surface area contributed by atoms with Crippen molar-refractivity contribution in [2.45, 2.75) is 32.0 Å². The van der Waals surface area contributed by atoms with Crippen LogP contribution < -0.4 is 5.56 Å². The third-order valence-corrected chi connectivity index (χ3v) is 6.46. The molecule has 3 heterocycles. The summed E-state index contributed by atoms with van der Waals surface area (Å²) < 4.78 is 10.6. The van der Waals surface area contributed by atoms with Crippen LogP contribution in [0.25, 0.3) is 16.7 Å². The van der Waals surface area contributed by atoms with Gasteiger partial charge in [0.1, 0.15) is 0 Å². The standard InChI is InChI=1S/C22H25N5O3S/c1-14-12-17(15(2)26(14)10-7-11-30-4)19(28)13-31-22-24-23-21-25(3)20(29)16-8-5-6-9-18(16)27(21)22/h5-6,8-9,12H,7,10-11,13H2,1-4H3. The van der Waals surface area contributed by atoms with E-state index in [0.29, 0.717) is 22.9 Å². The Balaban J connectivity index is 1.61. The number of ketones is 1. The summed E-state index contributed by atoms with van der Waals surface area (Å²) in [4.78, 5) is 25.6. The molecule has 0 saturated heterocycles. The molecule has 4 rings (SSSR count). The molecule has 3 aromatic heterocycles. The average Bonchev–Trinajstić information content (AvgIpc) is 3.32. The van der Waals surface area contributed by atoms with E-state index in [0.717, 1.165) is 35.4 Å². The fourth-order valence-corrected chi connectivity index (χ4v) is 4.73. The molecule has 31 heavy (non-hydrogen) atoms. The van der Waals surface area contributed by atoms with E-state index in [2.05, 4.69) is 14.8 Å². The number of hydrogen-bond donors (Lipinski definition) is 0. The summed E-state index contributed by atoms with van der Waals surface area (Å²) in [7, 11) is 3.37. The van der Waals surface area contributed by atoms with E-state index in [1.807, 2.05) is 42.5 Å². The molecule has 4 aromatic rings. The van der Waals surface area contributed by atoms with Crippen molar-refractivity contribution in [3.63, 3.8) is 0 Å². The minimum absolute atomic E-state index is 0.0435. The number of thioether (sulfide) groups is 1. The van der Waals surface area contributed by atoms with Gasteiger partial charge in [-0.05, 0) is 38.5 Å². The summed E-state index contributed by atoms with van der Waals surface area (Å²) in [5.74, 6) is 0.734. The predicted molar refractivity (Wildman–Crippen MR) is 121 cm³/mol. The normalized spacial score (nSPS) is 11.6. The lowest BCUT2D eigenvalue weighted by atomic mass is 10.2. The zero-order chi connectivity index (χ0) is 22.1. The number of carbonyl (C=O) groups excluding carboxylic acids is 1. The van der Waals surface area contributed by atoms with Gasteiger partial charge in [0, 0.05) is 44.3 Å². The molecule has 8 nitrogen and oxygen atoms in total. The third-order valence-electron chi connectivity index (χ3n) is 5.53. The van der Waals surface area contributed by atoms with Crippen LogP contribution in [0.5, 0.6) is 0 Å². The minimum Gasteiger partial charge on any atom is -0.385 e. The number of methoxy groups -OCH3 is 1. The van der Waals surface area contributed by atoms with Crippen LogP contribution in [0, 0.1) is 13.8 Å². The number of aryl methyl sites for hydroxylation is 2. The molecule has 0 saturated carbocycles. The Hall–Kier alpha value is -2.91. The number of benzene rings is 1. The van der Waals surface area contributed by atoms with E-state index in [4.69, 9.17) is 4.74 Å². The molecular weight excluding hydrogens is 414 g/mol. The number of hydrogen-bond acceptors (Lipinski definition) is 6. The van der Waals surface area contributed by atoms with Gasteiger partial charge in [0.15, 0.2) is 10.9 Å². The Labute approximate surface area is 183 Å². The monoisotopic (exact) mass is 439 g/mol. The number of rotatable bonds is 8. The average molecular weight is 440 g/mol. The first-order chi connectivity index (χ1) is 14.9. The Kier molecular flexibility index (Phi) is 5.97. The van der Waals surface area contributed by atoms with Crippen molar-refractivity contribution in [1.82, 2.24) is 23.7 Å². The van der Waals surface area contributed by atoms with Crippen molar-refractivity contribution in [2.75, 3.05) is 19.5 Å². The summed E-state index contributed by atoms with van der Waals surface area (Å²) in [6.45, 7) is 5.50. The van der Waals surface area contributed by atoms with Gasteiger partial charge in [0.2, 0.25) is 5.78 Å². The second-order valence-electron chi connectivity index (χ2n) is 7.49. The molecule has 1 aromatic carbocycles. The number of nitrogens with zero attached hydrogens (tertiary/aromatic N) is 5. The highest BCUT2D eigenvalue weighted by Crippen LogP contribution is 2.24. The van der Waals surface area contributed by atoms with E-state index >= 15 is 0 Å². The van der Waals surface area contributed by atoms with Crippen molar-refractivity contribution in [3.05, 3.63) is 57.6 Å². The molecule has 0 aliphatic carbocycles. The first kappa shape index (κ1) is 21.3. The van der Waals surface area contributed by atoms with Crippen molar-refractivity contribution >= 4 is 34.2 Å². The zero-order valence-corrected chi connectivity index (χ0v) is 18.9. The van der Waals surface area contributed by atoms with Crippen molar-refractivity contribution in [2.24, 2.45) is 7.05 Å². The van der Waals surface area contributed by atoms with Crippen molar-refractivity contribution in [3.8, 4) is 0 Å². The minimum atomic E-state index is -0.121. The number of ether oxygens (including phenoxy) is 1. The molecule has 9 heteroatoms. The fraction of sp³-hybridized carbons (Fsp3) is 0.364. The Bertz CT molecular complexity index is 1330. The molecule has 0 atom stereocenters.